The van der Waals surface area contributed by atoms with Crippen LogP contribution in [0.1, 0.15) is 45.0 Å². The molecule has 2 fully saturated rings. The van der Waals surface area contributed by atoms with E-state index in [1.54, 1.807) is 0 Å². The molecule has 1 unspecified atom stereocenters. The molecule has 1 aliphatic carbocycles. The maximum absolute atomic E-state index is 4.70. The van der Waals surface area contributed by atoms with Crippen LogP contribution in [0.2, 0.25) is 0 Å². The second kappa shape index (κ2) is 4.81. The summed E-state index contributed by atoms with van der Waals surface area (Å²) in [5, 5.41) is 3.74. The Kier molecular flexibility index (Phi) is 3.38. The van der Waals surface area contributed by atoms with E-state index in [0.29, 0.717) is 5.54 Å². The summed E-state index contributed by atoms with van der Waals surface area (Å²) in [5.41, 5.74) is 2.80. The minimum absolute atomic E-state index is 0.193. The van der Waals surface area contributed by atoms with Crippen molar-refractivity contribution in [2.24, 2.45) is 5.92 Å². The quantitative estimate of drug-likeness (QED) is 0.918. The molecule has 20 heavy (non-hydrogen) atoms. The number of nitrogens with zero attached hydrogens (tertiary/aromatic N) is 2. The van der Waals surface area contributed by atoms with Crippen molar-refractivity contribution in [3.8, 4) is 0 Å². The number of piperazine rings is 1. The monoisotopic (exact) mass is 273 g/mol. The second-order valence-electron chi connectivity index (χ2n) is 7.50. The zero-order chi connectivity index (χ0) is 14.4. The Morgan fingerprint density at radius 3 is 2.70 bits per heavy atom. The fourth-order valence-corrected chi connectivity index (χ4v) is 3.47. The fraction of sp³-hybridized carbons (Fsp3) is 0.706. The van der Waals surface area contributed by atoms with E-state index >= 15 is 0 Å². The van der Waals surface area contributed by atoms with Crippen LogP contribution in [-0.2, 0) is 6.54 Å². The lowest BCUT2D eigenvalue weighted by Gasteiger charge is -2.51. The van der Waals surface area contributed by atoms with Crippen molar-refractivity contribution in [2.45, 2.75) is 58.2 Å². The van der Waals surface area contributed by atoms with Crippen molar-refractivity contribution in [3.05, 3.63) is 29.6 Å². The molecule has 0 bridgehead atoms. The Balaban J connectivity index is 1.82. The van der Waals surface area contributed by atoms with Gasteiger partial charge in [0.05, 0.1) is 5.69 Å². The molecule has 1 aliphatic heterocycles. The first-order valence-electron chi connectivity index (χ1n) is 7.82. The Labute approximate surface area is 122 Å². The van der Waals surface area contributed by atoms with Crippen molar-refractivity contribution >= 4 is 0 Å². The summed E-state index contributed by atoms with van der Waals surface area (Å²) in [6.07, 6.45) is 2.77. The van der Waals surface area contributed by atoms with Crippen LogP contribution in [0.4, 0.5) is 0 Å². The summed E-state index contributed by atoms with van der Waals surface area (Å²) in [6.45, 7) is 12.3. The summed E-state index contributed by atoms with van der Waals surface area (Å²) in [4.78, 5) is 7.37. The highest BCUT2D eigenvalue weighted by Gasteiger charge is 2.49. The van der Waals surface area contributed by atoms with Crippen LogP contribution in [0, 0.1) is 12.8 Å². The molecule has 0 spiro atoms. The van der Waals surface area contributed by atoms with Gasteiger partial charge in [-0.3, -0.25) is 9.88 Å². The number of hydrogen-bond donors (Lipinski definition) is 1. The number of aryl methyl sites for hydroxylation is 1. The summed E-state index contributed by atoms with van der Waals surface area (Å²) in [7, 11) is 0. The molecule has 2 aliphatic rings. The number of hydrogen-bond acceptors (Lipinski definition) is 3. The predicted octanol–water partition coefficient (Wildman–Crippen LogP) is 2.74. The van der Waals surface area contributed by atoms with E-state index in [9.17, 15) is 0 Å². The van der Waals surface area contributed by atoms with Crippen LogP contribution in [0.3, 0.4) is 0 Å². The minimum Gasteiger partial charge on any atom is -0.309 e. The van der Waals surface area contributed by atoms with Gasteiger partial charge in [0.2, 0.25) is 0 Å². The first-order valence-corrected chi connectivity index (χ1v) is 7.82. The molecule has 3 heteroatoms. The molecule has 0 radical (unpaired) electrons. The first-order chi connectivity index (χ1) is 9.39. The molecule has 3 rings (SSSR count). The average molecular weight is 273 g/mol. The van der Waals surface area contributed by atoms with Crippen LogP contribution < -0.4 is 5.32 Å². The van der Waals surface area contributed by atoms with Crippen LogP contribution in [0.25, 0.3) is 0 Å². The third kappa shape index (κ3) is 2.75. The van der Waals surface area contributed by atoms with Gasteiger partial charge in [0.1, 0.15) is 0 Å². The highest BCUT2D eigenvalue weighted by molar-refractivity contribution is 5.13. The molecular formula is C17H27N3. The Hall–Kier alpha value is -0.930. The van der Waals surface area contributed by atoms with Crippen LogP contribution in [-0.4, -0.2) is 34.1 Å². The molecule has 1 aromatic rings. The van der Waals surface area contributed by atoms with Gasteiger partial charge < -0.3 is 5.32 Å². The van der Waals surface area contributed by atoms with Gasteiger partial charge in [0, 0.05) is 36.4 Å². The molecule has 1 saturated heterocycles. The summed E-state index contributed by atoms with van der Waals surface area (Å²) in [6, 6.07) is 6.36. The van der Waals surface area contributed by atoms with E-state index in [1.807, 2.05) is 0 Å². The van der Waals surface area contributed by atoms with Crippen LogP contribution >= 0.6 is 0 Å². The van der Waals surface area contributed by atoms with Crippen molar-refractivity contribution in [1.82, 2.24) is 15.2 Å². The zero-order valence-corrected chi connectivity index (χ0v) is 13.2. The van der Waals surface area contributed by atoms with E-state index in [1.165, 1.54) is 18.5 Å². The molecule has 1 atom stereocenters. The summed E-state index contributed by atoms with van der Waals surface area (Å²) >= 11 is 0. The van der Waals surface area contributed by atoms with Crippen molar-refractivity contribution in [3.63, 3.8) is 0 Å². The Morgan fingerprint density at radius 1 is 1.30 bits per heavy atom. The van der Waals surface area contributed by atoms with E-state index in [4.69, 9.17) is 4.98 Å². The van der Waals surface area contributed by atoms with Crippen LogP contribution in [0.15, 0.2) is 18.2 Å². The van der Waals surface area contributed by atoms with E-state index in [0.717, 1.165) is 31.2 Å². The molecule has 1 N–H and O–H groups in total. The molecule has 110 valence electrons. The van der Waals surface area contributed by atoms with Gasteiger partial charge in [-0.2, -0.15) is 0 Å². The lowest BCUT2D eigenvalue weighted by molar-refractivity contribution is 0.00430. The molecule has 0 aromatic carbocycles. The number of aromatic nitrogens is 1. The number of pyridine rings is 1. The highest BCUT2D eigenvalue weighted by atomic mass is 15.3. The first kappa shape index (κ1) is 14.0. The topological polar surface area (TPSA) is 28.2 Å². The van der Waals surface area contributed by atoms with E-state index < -0.39 is 0 Å². The van der Waals surface area contributed by atoms with Crippen molar-refractivity contribution < 1.29 is 0 Å². The van der Waals surface area contributed by atoms with Crippen molar-refractivity contribution in [2.75, 3.05) is 13.1 Å². The smallest absolute Gasteiger partial charge is 0.0547 e. The molecule has 1 saturated carbocycles. The van der Waals surface area contributed by atoms with Gasteiger partial charge in [-0.25, -0.2) is 0 Å². The Bertz CT molecular complexity index is 493. The molecule has 2 heterocycles. The second-order valence-corrected chi connectivity index (χ2v) is 7.50. The van der Waals surface area contributed by atoms with Gasteiger partial charge in [-0.1, -0.05) is 6.07 Å². The van der Waals surface area contributed by atoms with Crippen LogP contribution in [0.5, 0.6) is 0 Å². The zero-order valence-electron chi connectivity index (χ0n) is 13.2. The number of rotatable bonds is 3. The standard InChI is InChI=1S/C17H27N3/c1-13-6-5-7-15(19-13)10-20-12-16(2,3)18-11-17(20,4)14-8-9-14/h5-7,14,18H,8-12H2,1-4H3. The molecule has 3 nitrogen and oxygen atoms in total. The fourth-order valence-electron chi connectivity index (χ4n) is 3.47. The third-order valence-electron chi connectivity index (χ3n) is 4.99. The van der Waals surface area contributed by atoms with Gasteiger partial charge in [-0.15, -0.1) is 0 Å². The third-order valence-corrected chi connectivity index (χ3v) is 4.99. The Morgan fingerprint density at radius 2 is 2.05 bits per heavy atom. The predicted molar refractivity (Wildman–Crippen MR) is 82.6 cm³/mol. The SMILES string of the molecule is Cc1cccc(CN2CC(C)(C)NCC2(C)C2CC2)n1. The largest absolute Gasteiger partial charge is 0.309 e. The average Bonchev–Trinajstić information content (AvgIpc) is 3.18. The van der Waals surface area contributed by atoms with E-state index in [2.05, 4.69) is 56.1 Å². The molecule has 1 aromatic heterocycles. The van der Waals surface area contributed by atoms with E-state index in [-0.39, 0.29) is 5.54 Å². The highest BCUT2D eigenvalue weighted by Crippen LogP contribution is 2.45. The summed E-state index contributed by atoms with van der Waals surface area (Å²) < 4.78 is 0. The van der Waals surface area contributed by atoms with Gasteiger partial charge in [0.25, 0.3) is 0 Å². The maximum Gasteiger partial charge on any atom is 0.0547 e. The lowest BCUT2D eigenvalue weighted by atomic mass is 9.86. The lowest BCUT2D eigenvalue weighted by Crippen LogP contribution is -2.67. The number of nitrogens with one attached hydrogen (secondary N) is 1. The molecule has 0 amide bonds. The van der Waals surface area contributed by atoms with Gasteiger partial charge in [-0.05, 0) is 58.6 Å². The van der Waals surface area contributed by atoms with Gasteiger partial charge in [0.15, 0.2) is 0 Å². The minimum atomic E-state index is 0.193. The summed E-state index contributed by atoms with van der Waals surface area (Å²) in [5.74, 6) is 0.857. The maximum atomic E-state index is 4.70. The van der Waals surface area contributed by atoms with Crippen molar-refractivity contribution in [1.29, 1.82) is 0 Å². The normalized spacial score (nSPS) is 30.4. The molecular weight excluding hydrogens is 246 g/mol. The van der Waals surface area contributed by atoms with Gasteiger partial charge >= 0.3 is 0 Å².